The molecule has 0 saturated heterocycles. The minimum absolute atomic E-state index is 0.00205. The van der Waals surface area contributed by atoms with Crippen molar-refractivity contribution in [1.82, 2.24) is 15.3 Å². The summed E-state index contributed by atoms with van der Waals surface area (Å²) in [6, 6.07) is 4.97. The van der Waals surface area contributed by atoms with E-state index in [1.807, 2.05) is 0 Å². The molecule has 1 unspecified atom stereocenters. The van der Waals surface area contributed by atoms with Crippen molar-refractivity contribution < 1.29 is 28.2 Å². The third kappa shape index (κ3) is 5.47. The Balaban J connectivity index is 1.96. The van der Waals surface area contributed by atoms with Crippen LogP contribution in [0, 0.1) is 0 Å². The van der Waals surface area contributed by atoms with Crippen molar-refractivity contribution >= 4 is 35.2 Å². The molecule has 0 saturated carbocycles. The molecule has 0 spiro atoms. The lowest BCUT2D eigenvalue weighted by Crippen LogP contribution is -2.25. The molecule has 0 fully saturated rings. The van der Waals surface area contributed by atoms with Gasteiger partial charge in [-0.1, -0.05) is 23.2 Å². The summed E-state index contributed by atoms with van der Waals surface area (Å²) < 4.78 is 21.3. The maximum atomic E-state index is 13.0. The average Bonchev–Trinajstić information content (AvgIpc) is 3.23. The number of pyridine rings is 1. The Morgan fingerprint density at radius 3 is 2.42 bits per heavy atom. The number of hydrogen-bond donors (Lipinski definition) is 2. The van der Waals surface area contributed by atoms with Crippen LogP contribution < -0.4 is 20.5 Å². The lowest BCUT2D eigenvalue weighted by Gasteiger charge is -2.11. The number of aromatic nitrogens is 2. The first-order valence-corrected chi connectivity index (χ1v) is 10.3. The molecule has 0 radical (unpaired) electrons. The normalized spacial score (nSPS) is 11.5. The summed E-state index contributed by atoms with van der Waals surface area (Å²) in [4.78, 5) is 32.4. The number of rotatable bonds is 8. The Morgan fingerprint density at radius 1 is 1.15 bits per heavy atom. The third-order valence-corrected chi connectivity index (χ3v) is 5.19. The number of nitrogens with one attached hydrogen (secondary N) is 1. The number of oxazole rings is 1. The maximum absolute atomic E-state index is 13.0. The molecule has 0 aliphatic rings. The minimum atomic E-state index is -1.03. The van der Waals surface area contributed by atoms with Gasteiger partial charge < -0.3 is 29.7 Å². The number of halogens is 2. The molecule has 2 aromatic heterocycles. The number of methoxy groups -OCH3 is 2. The van der Waals surface area contributed by atoms with E-state index in [0.29, 0.717) is 32.7 Å². The first kappa shape index (κ1) is 24.1. The number of hydrogen-bond acceptors (Lipinski definition) is 8. The lowest BCUT2D eigenvalue weighted by atomic mass is 10.2. The fraction of sp³-hybridized carbons (Fsp3) is 0.238. The molecule has 1 atom stereocenters. The number of amides is 2. The summed E-state index contributed by atoms with van der Waals surface area (Å²) in [6.45, 7) is 1.50. The predicted octanol–water partition coefficient (Wildman–Crippen LogP) is 4.15. The van der Waals surface area contributed by atoms with Gasteiger partial charge in [0.15, 0.2) is 29.1 Å². The van der Waals surface area contributed by atoms with Crippen molar-refractivity contribution in [1.29, 1.82) is 0 Å². The van der Waals surface area contributed by atoms with Gasteiger partial charge in [-0.25, -0.2) is 9.78 Å². The molecule has 174 valence electrons. The van der Waals surface area contributed by atoms with Crippen LogP contribution in [0.1, 0.15) is 34.8 Å². The number of nitrogens with two attached hydrogens (primary N) is 1. The van der Waals surface area contributed by atoms with Crippen LogP contribution in [0.25, 0.3) is 11.5 Å². The van der Waals surface area contributed by atoms with Crippen LogP contribution >= 0.6 is 23.2 Å². The Labute approximate surface area is 198 Å². The van der Waals surface area contributed by atoms with E-state index in [-0.39, 0.29) is 23.9 Å². The van der Waals surface area contributed by atoms with Crippen molar-refractivity contribution in [2.75, 3.05) is 14.2 Å². The maximum Gasteiger partial charge on any atom is 0.405 e. The van der Waals surface area contributed by atoms with Crippen LogP contribution in [0.5, 0.6) is 11.5 Å². The van der Waals surface area contributed by atoms with E-state index in [1.54, 1.807) is 18.2 Å². The molecule has 0 bridgehead atoms. The topological polar surface area (TPSA) is 139 Å². The largest absolute Gasteiger partial charge is 0.493 e. The second kappa shape index (κ2) is 10.4. The highest BCUT2D eigenvalue weighted by molar-refractivity contribution is 6.35. The first-order valence-electron chi connectivity index (χ1n) is 9.50. The van der Waals surface area contributed by atoms with E-state index in [2.05, 4.69) is 15.3 Å². The van der Waals surface area contributed by atoms with E-state index >= 15 is 0 Å². The number of nitrogens with zero attached hydrogens (tertiary/aromatic N) is 2. The van der Waals surface area contributed by atoms with E-state index in [4.69, 9.17) is 47.6 Å². The minimum Gasteiger partial charge on any atom is -0.493 e. The predicted molar refractivity (Wildman–Crippen MR) is 120 cm³/mol. The van der Waals surface area contributed by atoms with Gasteiger partial charge >= 0.3 is 6.09 Å². The molecule has 3 N–H and O–H groups in total. The molecule has 3 rings (SSSR count). The van der Waals surface area contributed by atoms with E-state index in [1.165, 1.54) is 33.5 Å². The number of primary amides is 1. The zero-order valence-corrected chi connectivity index (χ0v) is 19.4. The Kier molecular flexibility index (Phi) is 7.62. The summed E-state index contributed by atoms with van der Waals surface area (Å²) in [7, 11) is 2.99. The molecular weight excluding hydrogens is 475 g/mol. The molecule has 33 heavy (non-hydrogen) atoms. The summed E-state index contributed by atoms with van der Waals surface area (Å²) in [5, 5.41) is 3.26. The second-order valence-electron chi connectivity index (χ2n) is 6.65. The Bertz CT molecular complexity index is 1160. The fourth-order valence-corrected chi connectivity index (χ4v) is 3.45. The average molecular weight is 495 g/mol. The Hall–Kier alpha value is -3.50. The van der Waals surface area contributed by atoms with Crippen molar-refractivity contribution in [3.63, 3.8) is 0 Å². The molecule has 1 aromatic carbocycles. The lowest BCUT2D eigenvalue weighted by molar-refractivity contribution is 0.0904. The second-order valence-corrected chi connectivity index (χ2v) is 7.46. The standard InChI is InChI=1S/C21H20Cl2N4O6/c1-10(32-21(24)29)18-17(19(28)26-7-12-13(22)8-25-9-14(12)23)27-20(33-18)11-4-5-15(30-2)16(6-11)31-3/h4-6,8-10H,7H2,1-3H3,(H2,24,29)(H,26,28). The summed E-state index contributed by atoms with van der Waals surface area (Å²) in [5.74, 6) is 0.426. The van der Waals surface area contributed by atoms with Crippen molar-refractivity contribution in [2.45, 2.75) is 19.6 Å². The van der Waals surface area contributed by atoms with Crippen LogP contribution in [0.3, 0.4) is 0 Å². The van der Waals surface area contributed by atoms with Gasteiger partial charge in [-0.3, -0.25) is 9.78 Å². The van der Waals surface area contributed by atoms with Gasteiger partial charge in [0.1, 0.15) is 0 Å². The number of ether oxygens (including phenoxy) is 3. The van der Waals surface area contributed by atoms with Gasteiger partial charge in [0.05, 0.1) is 24.3 Å². The van der Waals surface area contributed by atoms with Crippen LogP contribution in [0.2, 0.25) is 10.0 Å². The van der Waals surface area contributed by atoms with E-state index < -0.39 is 18.1 Å². The van der Waals surface area contributed by atoms with Crippen molar-refractivity contribution in [2.24, 2.45) is 5.73 Å². The van der Waals surface area contributed by atoms with Crippen LogP contribution in [-0.4, -0.2) is 36.2 Å². The van der Waals surface area contributed by atoms with Gasteiger partial charge in [0.2, 0.25) is 5.89 Å². The van der Waals surface area contributed by atoms with E-state index in [9.17, 15) is 9.59 Å². The zero-order valence-electron chi connectivity index (χ0n) is 17.8. The summed E-state index contributed by atoms with van der Waals surface area (Å²) >= 11 is 12.2. The Morgan fingerprint density at radius 2 is 1.82 bits per heavy atom. The highest BCUT2D eigenvalue weighted by atomic mass is 35.5. The molecule has 10 nitrogen and oxygen atoms in total. The highest BCUT2D eigenvalue weighted by Gasteiger charge is 2.27. The SMILES string of the molecule is COc1ccc(-c2nc(C(=O)NCc3c(Cl)cncc3Cl)c(C(C)OC(N)=O)o2)cc1OC. The molecule has 2 heterocycles. The van der Waals surface area contributed by atoms with Crippen molar-refractivity contribution in [3.05, 3.63) is 57.7 Å². The zero-order chi connectivity index (χ0) is 24.1. The van der Waals surface area contributed by atoms with Gasteiger partial charge in [0.25, 0.3) is 5.91 Å². The monoisotopic (exact) mass is 494 g/mol. The first-order chi connectivity index (χ1) is 15.7. The molecule has 0 aliphatic carbocycles. The van der Waals surface area contributed by atoms with Gasteiger partial charge in [-0.05, 0) is 25.1 Å². The van der Waals surface area contributed by atoms with Gasteiger partial charge in [-0.2, -0.15) is 0 Å². The van der Waals surface area contributed by atoms with Gasteiger partial charge in [-0.15, -0.1) is 0 Å². The smallest absolute Gasteiger partial charge is 0.405 e. The highest BCUT2D eigenvalue weighted by Crippen LogP contribution is 2.34. The number of benzene rings is 1. The van der Waals surface area contributed by atoms with Crippen LogP contribution in [0.15, 0.2) is 35.0 Å². The fourth-order valence-electron chi connectivity index (χ4n) is 2.95. The summed E-state index contributed by atoms with van der Waals surface area (Å²) in [5.41, 5.74) is 6.00. The van der Waals surface area contributed by atoms with E-state index in [0.717, 1.165) is 0 Å². The molecular formula is C21H20Cl2N4O6. The molecule has 0 aliphatic heterocycles. The van der Waals surface area contributed by atoms with Gasteiger partial charge in [0, 0.05) is 30.1 Å². The van der Waals surface area contributed by atoms with Crippen LogP contribution in [0.4, 0.5) is 4.79 Å². The molecule has 3 aromatic rings. The number of carbonyl (C=O) groups is 2. The third-order valence-electron chi connectivity index (χ3n) is 4.54. The van der Waals surface area contributed by atoms with Crippen molar-refractivity contribution in [3.8, 4) is 23.0 Å². The molecule has 12 heteroatoms. The molecule has 2 amide bonds. The quantitative estimate of drug-likeness (QED) is 0.475. The van der Waals surface area contributed by atoms with Crippen LogP contribution in [-0.2, 0) is 11.3 Å². The summed E-state index contributed by atoms with van der Waals surface area (Å²) in [6.07, 6.45) is 0.800. The number of carbonyl (C=O) groups excluding carboxylic acids is 2.